The Morgan fingerprint density at radius 2 is 2.10 bits per heavy atom. The summed E-state index contributed by atoms with van der Waals surface area (Å²) < 4.78 is 5.10. The topological polar surface area (TPSA) is 51.2 Å². The Kier molecular flexibility index (Phi) is 5.11. The van der Waals surface area contributed by atoms with E-state index in [-0.39, 0.29) is 0 Å². The zero-order valence-electron chi connectivity index (χ0n) is 12.1. The molecule has 0 saturated heterocycles. The van der Waals surface area contributed by atoms with E-state index in [1.807, 2.05) is 44.2 Å². The number of amides is 1. The van der Waals surface area contributed by atoms with Gasteiger partial charge in [-0.3, -0.25) is 5.32 Å². The molecule has 21 heavy (non-hydrogen) atoms. The van der Waals surface area contributed by atoms with Gasteiger partial charge in [-0.15, -0.1) is 11.3 Å². The molecule has 0 aliphatic rings. The van der Waals surface area contributed by atoms with Gasteiger partial charge in [0, 0.05) is 0 Å². The number of carbonyl (C=O) groups excluding carboxylic acids is 1. The maximum absolute atomic E-state index is 11.7. The van der Waals surface area contributed by atoms with Gasteiger partial charge < -0.3 is 4.74 Å². The summed E-state index contributed by atoms with van der Waals surface area (Å²) in [6.07, 6.45) is -0.489. The van der Waals surface area contributed by atoms with Crippen LogP contribution in [0.15, 0.2) is 42.4 Å². The normalized spacial score (nSPS) is 10.4. The van der Waals surface area contributed by atoms with E-state index in [1.54, 1.807) is 5.51 Å². The van der Waals surface area contributed by atoms with Crippen molar-refractivity contribution >= 4 is 28.8 Å². The molecule has 2 rings (SSSR count). The lowest BCUT2D eigenvalue weighted by Gasteiger charge is -2.09. The van der Waals surface area contributed by atoms with Crippen molar-refractivity contribution in [3.63, 3.8) is 0 Å². The molecule has 0 fully saturated rings. The smallest absolute Gasteiger partial charge is 0.412 e. The molecule has 1 N–H and O–H groups in total. The van der Waals surface area contributed by atoms with Crippen molar-refractivity contribution in [1.29, 1.82) is 0 Å². The molecule has 0 unspecified atom stereocenters. The lowest BCUT2D eigenvalue weighted by Crippen LogP contribution is -2.17. The summed E-state index contributed by atoms with van der Waals surface area (Å²) in [5.74, 6) is 0.785. The first-order valence-electron chi connectivity index (χ1n) is 6.70. The average molecular weight is 302 g/mol. The fraction of sp³-hybridized carbons (Fsp3) is 0.250. The largest absolute Gasteiger partial charge is 0.449 e. The highest BCUT2D eigenvalue weighted by Crippen LogP contribution is 2.30. The van der Waals surface area contributed by atoms with Crippen LogP contribution in [0, 0.1) is 5.92 Å². The Balaban J connectivity index is 2.08. The fourth-order valence-corrected chi connectivity index (χ4v) is 2.43. The predicted octanol–water partition coefficient (Wildman–Crippen LogP) is 4.41. The van der Waals surface area contributed by atoms with E-state index in [0.717, 1.165) is 16.0 Å². The predicted molar refractivity (Wildman–Crippen MR) is 86.5 cm³/mol. The molecule has 1 aromatic carbocycles. The van der Waals surface area contributed by atoms with Crippen molar-refractivity contribution in [2.45, 2.75) is 13.8 Å². The molecule has 5 heteroatoms. The van der Waals surface area contributed by atoms with Gasteiger partial charge in [-0.1, -0.05) is 50.8 Å². The molecule has 0 aliphatic heterocycles. The lowest BCUT2D eigenvalue weighted by atomic mass is 10.1. The maximum atomic E-state index is 11.7. The number of nitrogens with zero attached hydrogens (tertiary/aromatic N) is 1. The minimum Gasteiger partial charge on any atom is -0.449 e. The highest BCUT2D eigenvalue weighted by atomic mass is 32.1. The summed E-state index contributed by atoms with van der Waals surface area (Å²) in [7, 11) is 0. The van der Waals surface area contributed by atoms with Gasteiger partial charge in [0.2, 0.25) is 0 Å². The van der Waals surface area contributed by atoms with Crippen LogP contribution < -0.4 is 5.32 Å². The number of benzene rings is 1. The molecular weight excluding hydrogens is 284 g/mol. The van der Waals surface area contributed by atoms with E-state index in [0.29, 0.717) is 18.3 Å². The Morgan fingerprint density at radius 1 is 1.38 bits per heavy atom. The number of thiazole rings is 1. The summed E-state index contributed by atoms with van der Waals surface area (Å²) in [6.45, 7) is 8.44. The van der Waals surface area contributed by atoms with Crippen LogP contribution in [0.2, 0.25) is 0 Å². The van der Waals surface area contributed by atoms with Crippen molar-refractivity contribution in [2.24, 2.45) is 5.92 Å². The minimum absolute atomic E-state index is 0.296. The van der Waals surface area contributed by atoms with Crippen LogP contribution in [0.4, 0.5) is 10.6 Å². The van der Waals surface area contributed by atoms with E-state index in [2.05, 4.69) is 16.9 Å². The number of anilines is 1. The molecule has 2 aromatic rings. The highest BCUT2D eigenvalue weighted by molar-refractivity contribution is 7.11. The van der Waals surface area contributed by atoms with Crippen LogP contribution in [0.3, 0.4) is 0 Å². The van der Waals surface area contributed by atoms with Crippen LogP contribution in [0.1, 0.15) is 24.3 Å². The first-order valence-corrected chi connectivity index (χ1v) is 7.58. The number of nitrogens with one attached hydrogen (secondary N) is 1. The molecule has 0 radical (unpaired) electrons. The summed E-state index contributed by atoms with van der Waals surface area (Å²) in [5.41, 5.74) is 3.51. The van der Waals surface area contributed by atoms with Gasteiger partial charge >= 0.3 is 6.09 Å². The number of aromatic nitrogens is 1. The molecule has 1 heterocycles. The zero-order valence-corrected chi connectivity index (χ0v) is 12.9. The summed E-state index contributed by atoms with van der Waals surface area (Å²) >= 11 is 1.44. The van der Waals surface area contributed by atoms with Crippen molar-refractivity contribution < 1.29 is 9.53 Å². The third kappa shape index (κ3) is 4.16. The fourth-order valence-electron chi connectivity index (χ4n) is 1.69. The molecule has 0 atom stereocenters. The van der Waals surface area contributed by atoms with Crippen LogP contribution in [0.25, 0.3) is 5.57 Å². The highest BCUT2D eigenvalue weighted by Gasteiger charge is 2.14. The second kappa shape index (κ2) is 7.04. The van der Waals surface area contributed by atoms with E-state index in [1.165, 1.54) is 11.3 Å². The third-order valence-corrected chi connectivity index (χ3v) is 3.62. The molecule has 1 amide bonds. The van der Waals surface area contributed by atoms with Crippen molar-refractivity contribution in [2.75, 3.05) is 11.9 Å². The van der Waals surface area contributed by atoms with Gasteiger partial charge in [0.15, 0.2) is 5.82 Å². The Morgan fingerprint density at radius 3 is 2.76 bits per heavy atom. The molecule has 0 aliphatic carbocycles. The second-order valence-electron chi connectivity index (χ2n) is 4.99. The van der Waals surface area contributed by atoms with Gasteiger partial charge in [-0.25, -0.2) is 9.78 Å². The lowest BCUT2D eigenvalue weighted by molar-refractivity contribution is 0.147. The summed E-state index contributed by atoms with van der Waals surface area (Å²) in [5, 5.41) is 2.67. The van der Waals surface area contributed by atoms with Crippen molar-refractivity contribution in [3.05, 3.63) is 52.9 Å². The minimum atomic E-state index is -0.489. The first kappa shape index (κ1) is 15.3. The molecule has 110 valence electrons. The Bertz CT molecular complexity index is 620. The number of ether oxygens (including phenoxy) is 1. The van der Waals surface area contributed by atoms with Crippen LogP contribution in [-0.2, 0) is 4.74 Å². The standard InChI is InChI=1S/C16H18N2O2S/c1-11(2)9-20-16(19)18-15-14(21-10-17-15)12(3)13-7-5-4-6-8-13/h4-8,10-11H,3,9H2,1-2H3,(H,18,19). The number of hydrogen-bond donors (Lipinski definition) is 1. The maximum Gasteiger partial charge on any atom is 0.412 e. The van der Waals surface area contributed by atoms with Gasteiger partial charge in [0.1, 0.15) is 0 Å². The number of rotatable bonds is 5. The van der Waals surface area contributed by atoms with E-state index >= 15 is 0 Å². The SMILES string of the molecule is C=C(c1ccccc1)c1scnc1NC(=O)OCC(C)C. The molecule has 4 nitrogen and oxygen atoms in total. The number of hydrogen-bond acceptors (Lipinski definition) is 4. The quantitative estimate of drug-likeness (QED) is 0.890. The van der Waals surface area contributed by atoms with Crippen LogP contribution in [0.5, 0.6) is 0 Å². The number of carbonyl (C=O) groups is 1. The summed E-state index contributed by atoms with van der Waals surface area (Å²) in [4.78, 5) is 16.7. The van der Waals surface area contributed by atoms with Crippen molar-refractivity contribution in [1.82, 2.24) is 4.98 Å². The van der Waals surface area contributed by atoms with Crippen molar-refractivity contribution in [3.8, 4) is 0 Å². The van der Waals surface area contributed by atoms with Gasteiger partial charge in [0.25, 0.3) is 0 Å². The first-order chi connectivity index (χ1) is 10.1. The Hall–Kier alpha value is -2.14. The molecule has 0 bridgehead atoms. The van der Waals surface area contributed by atoms with Gasteiger partial charge in [-0.2, -0.15) is 0 Å². The molecule has 1 aromatic heterocycles. The van der Waals surface area contributed by atoms with E-state index in [4.69, 9.17) is 4.74 Å². The molecular formula is C16H18N2O2S. The third-order valence-electron chi connectivity index (χ3n) is 2.73. The average Bonchev–Trinajstić information content (AvgIpc) is 2.93. The monoisotopic (exact) mass is 302 g/mol. The van der Waals surface area contributed by atoms with E-state index < -0.39 is 6.09 Å². The van der Waals surface area contributed by atoms with Crippen LogP contribution in [-0.4, -0.2) is 17.7 Å². The molecule has 0 saturated carbocycles. The van der Waals surface area contributed by atoms with E-state index in [9.17, 15) is 4.79 Å². The second-order valence-corrected chi connectivity index (χ2v) is 5.85. The van der Waals surface area contributed by atoms with Gasteiger partial charge in [0.05, 0.1) is 17.0 Å². The van der Waals surface area contributed by atoms with Gasteiger partial charge in [-0.05, 0) is 17.1 Å². The molecule has 0 spiro atoms. The Labute approximate surface area is 128 Å². The van der Waals surface area contributed by atoms with Crippen LogP contribution >= 0.6 is 11.3 Å². The zero-order chi connectivity index (χ0) is 15.2. The summed E-state index contributed by atoms with van der Waals surface area (Å²) in [6, 6.07) is 9.80.